The van der Waals surface area contributed by atoms with E-state index >= 15 is 0 Å². The van der Waals surface area contributed by atoms with Gasteiger partial charge in [0.2, 0.25) is 0 Å². The van der Waals surface area contributed by atoms with Crippen molar-refractivity contribution in [3.63, 3.8) is 0 Å². The van der Waals surface area contributed by atoms with Crippen LogP contribution >= 0.6 is 0 Å². The van der Waals surface area contributed by atoms with Gasteiger partial charge in [-0.3, -0.25) is 0 Å². The van der Waals surface area contributed by atoms with Gasteiger partial charge in [-0.1, -0.05) is 134 Å². The number of fused-ring (bicyclic) bond motifs is 5. The Bertz CT molecular complexity index is 2330. The van der Waals surface area contributed by atoms with E-state index in [1.54, 1.807) is 22.3 Å². The highest BCUT2D eigenvalue weighted by Crippen LogP contribution is 2.71. The van der Waals surface area contributed by atoms with Gasteiger partial charge in [0.15, 0.2) is 0 Å². The number of rotatable bonds is 4. The van der Waals surface area contributed by atoms with E-state index in [-0.39, 0.29) is 27.1 Å². The summed E-state index contributed by atoms with van der Waals surface area (Å²) in [6, 6.07) is 41.1. The van der Waals surface area contributed by atoms with Crippen LogP contribution in [0.1, 0.15) is 147 Å². The zero-order chi connectivity index (χ0) is 39.3. The summed E-state index contributed by atoms with van der Waals surface area (Å²) in [5.41, 5.74) is 19.7. The Labute approximate surface area is 343 Å². The zero-order valence-electron chi connectivity index (χ0n) is 35.9. The molecule has 0 radical (unpaired) electrons. The first kappa shape index (κ1) is 36.0. The van der Waals surface area contributed by atoms with Crippen molar-refractivity contribution in [2.24, 2.45) is 23.7 Å². The molecule has 0 amide bonds. The lowest BCUT2D eigenvalue weighted by molar-refractivity contribution is -0.0399. The lowest BCUT2D eigenvalue weighted by Crippen LogP contribution is -2.55. The molecular weight excluding hydrogens is 687 g/mol. The van der Waals surface area contributed by atoms with Crippen LogP contribution in [0.25, 0.3) is 22.3 Å². The quantitative estimate of drug-likeness (QED) is 0.177. The molecule has 4 fully saturated rings. The standard InChI is InChI=1S/C56H63N/c1-52(2)25-27-54(5,6)50-43(52)18-13-21-47(50)57(48-22-14-19-44-51(48)55(7,8)28-26-53(44,3)4)46-20-12-17-42-49(46)41-24-23-38(37-15-10-9-11-16-37)34-45(41)56(42)39-30-35-29-36(32-39)33-40(56)31-35/h9-24,34-36,39-40H,25-33H2,1-8H3. The van der Waals surface area contributed by atoms with Crippen LogP contribution in [0.15, 0.2) is 103 Å². The van der Waals surface area contributed by atoms with Crippen LogP contribution < -0.4 is 4.90 Å². The third kappa shape index (κ3) is 4.99. The van der Waals surface area contributed by atoms with Crippen LogP contribution in [0, 0.1) is 23.7 Å². The highest BCUT2D eigenvalue weighted by molar-refractivity contribution is 5.98. The molecule has 7 aliphatic carbocycles. The van der Waals surface area contributed by atoms with Gasteiger partial charge in [0.05, 0.1) is 17.1 Å². The van der Waals surface area contributed by atoms with Crippen LogP contribution in [0.4, 0.5) is 17.1 Å². The molecule has 292 valence electrons. The molecule has 5 aromatic carbocycles. The summed E-state index contributed by atoms with van der Waals surface area (Å²) < 4.78 is 0. The summed E-state index contributed by atoms with van der Waals surface area (Å²) >= 11 is 0. The predicted octanol–water partition coefficient (Wildman–Crippen LogP) is 15.2. The number of nitrogens with zero attached hydrogens (tertiary/aromatic N) is 1. The fourth-order valence-corrected chi connectivity index (χ4v) is 14.4. The van der Waals surface area contributed by atoms with E-state index in [9.17, 15) is 0 Å². The second-order valence-corrected chi connectivity index (χ2v) is 22.3. The average Bonchev–Trinajstić information content (AvgIpc) is 3.48. The van der Waals surface area contributed by atoms with Gasteiger partial charge in [0.1, 0.15) is 0 Å². The van der Waals surface area contributed by atoms with Gasteiger partial charge in [-0.15, -0.1) is 0 Å². The summed E-state index contributed by atoms with van der Waals surface area (Å²) in [6.45, 7) is 20.0. The fourth-order valence-electron chi connectivity index (χ4n) is 14.4. The Balaban J connectivity index is 1.24. The first-order chi connectivity index (χ1) is 27.2. The molecule has 57 heavy (non-hydrogen) atoms. The largest absolute Gasteiger partial charge is 0.309 e. The molecule has 4 bridgehead atoms. The van der Waals surface area contributed by atoms with Crippen molar-refractivity contribution in [2.45, 2.75) is 140 Å². The molecule has 4 saturated carbocycles. The molecule has 0 atom stereocenters. The van der Waals surface area contributed by atoms with Crippen molar-refractivity contribution in [1.82, 2.24) is 0 Å². The van der Waals surface area contributed by atoms with E-state index in [2.05, 4.69) is 163 Å². The van der Waals surface area contributed by atoms with Crippen molar-refractivity contribution in [3.8, 4) is 22.3 Å². The summed E-state index contributed by atoms with van der Waals surface area (Å²) in [4.78, 5) is 2.83. The topological polar surface area (TPSA) is 3.24 Å². The fraction of sp³-hybridized carbons (Fsp3) is 0.464. The number of hydrogen-bond acceptors (Lipinski definition) is 1. The lowest BCUT2D eigenvalue weighted by Gasteiger charge is -2.61. The number of anilines is 3. The summed E-state index contributed by atoms with van der Waals surface area (Å²) in [5.74, 6) is 3.23. The maximum atomic E-state index is 2.83. The number of benzene rings is 5. The smallest absolute Gasteiger partial charge is 0.0543 e. The van der Waals surface area contributed by atoms with E-state index in [0.29, 0.717) is 11.8 Å². The molecule has 1 spiro atoms. The van der Waals surface area contributed by atoms with Crippen molar-refractivity contribution in [2.75, 3.05) is 4.90 Å². The Kier molecular flexibility index (Phi) is 7.58. The van der Waals surface area contributed by atoms with Gasteiger partial charge in [-0.2, -0.15) is 0 Å². The first-order valence-corrected chi connectivity index (χ1v) is 22.6. The van der Waals surface area contributed by atoms with Gasteiger partial charge >= 0.3 is 0 Å². The minimum atomic E-state index is 0.0480. The zero-order valence-corrected chi connectivity index (χ0v) is 35.9. The third-order valence-corrected chi connectivity index (χ3v) is 17.1. The van der Waals surface area contributed by atoms with E-state index in [0.717, 1.165) is 11.8 Å². The average molecular weight is 750 g/mol. The molecule has 12 rings (SSSR count). The molecule has 0 aliphatic heterocycles. The Morgan fingerprint density at radius 1 is 0.421 bits per heavy atom. The third-order valence-electron chi connectivity index (χ3n) is 17.1. The molecule has 0 aromatic heterocycles. The van der Waals surface area contributed by atoms with Gasteiger partial charge in [0.25, 0.3) is 0 Å². The highest BCUT2D eigenvalue weighted by atomic mass is 15.2. The monoisotopic (exact) mass is 749 g/mol. The molecule has 0 saturated heterocycles. The molecule has 0 heterocycles. The van der Waals surface area contributed by atoms with Crippen molar-refractivity contribution in [1.29, 1.82) is 0 Å². The Morgan fingerprint density at radius 2 is 0.912 bits per heavy atom. The van der Waals surface area contributed by atoms with Gasteiger partial charge in [-0.25, -0.2) is 0 Å². The van der Waals surface area contributed by atoms with Crippen LogP contribution in [0.3, 0.4) is 0 Å². The van der Waals surface area contributed by atoms with E-state index in [1.165, 1.54) is 108 Å². The molecular formula is C56H63N. The summed E-state index contributed by atoms with van der Waals surface area (Å²) in [7, 11) is 0. The summed E-state index contributed by atoms with van der Waals surface area (Å²) in [6.07, 6.45) is 11.8. The van der Waals surface area contributed by atoms with E-state index in [4.69, 9.17) is 0 Å². The Hall–Kier alpha value is -4.10. The van der Waals surface area contributed by atoms with Crippen molar-refractivity contribution < 1.29 is 0 Å². The van der Waals surface area contributed by atoms with Crippen LogP contribution in [0.5, 0.6) is 0 Å². The van der Waals surface area contributed by atoms with Gasteiger partial charge in [-0.05, 0) is 177 Å². The molecule has 5 aromatic rings. The highest BCUT2D eigenvalue weighted by Gasteiger charge is 2.62. The van der Waals surface area contributed by atoms with Crippen LogP contribution in [-0.4, -0.2) is 0 Å². The second kappa shape index (κ2) is 12.0. The van der Waals surface area contributed by atoms with Crippen LogP contribution in [0.2, 0.25) is 0 Å². The van der Waals surface area contributed by atoms with E-state index in [1.807, 2.05) is 0 Å². The predicted molar refractivity (Wildman–Crippen MR) is 240 cm³/mol. The minimum Gasteiger partial charge on any atom is -0.309 e. The maximum absolute atomic E-state index is 2.83. The lowest BCUT2D eigenvalue weighted by atomic mass is 9.43. The Morgan fingerprint density at radius 3 is 1.46 bits per heavy atom. The molecule has 0 unspecified atom stereocenters. The normalized spacial score (nSPS) is 28.7. The SMILES string of the molecule is CC1(C)CCC(C)(C)c2c(N(c3cccc4c3-c3ccc(-c5ccccc5)cc3C43C4CC5CC(C4)CC3C5)c3cccc4c3C(C)(C)CCC4(C)C)cccc21. The molecule has 0 N–H and O–H groups in total. The summed E-state index contributed by atoms with van der Waals surface area (Å²) in [5, 5.41) is 0. The molecule has 1 heteroatoms. The molecule has 7 aliphatic rings. The maximum Gasteiger partial charge on any atom is 0.0543 e. The van der Waals surface area contributed by atoms with Crippen molar-refractivity contribution in [3.05, 3.63) is 137 Å². The van der Waals surface area contributed by atoms with Gasteiger partial charge < -0.3 is 4.90 Å². The van der Waals surface area contributed by atoms with Crippen LogP contribution in [-0.2, 0) is 27.1 Å². The first-order valence-electron chi connectivity index (χ1n) is 22.6. The number of hydrogen-bond donors (Lipinski definition) is 0. The molecule has 1 nitrogen and oxygen atoms in total. The van der Waals surface area contributed by atoms with E-state index < -0.39 is 0 Å². The second-order valence-electron chi connectivity index (χ2n) is 22.3. The minimum absolute atomic E-state index is 0.0480. The van der Waals surface area contributed by atoms with Gasteiger partial charge in [0, 0.05) is 11.0 Å². The van der Waals surface area contributed by atoms with Crippen molar-refractivity contribution >= 4 is 17.1 Å².